The summed E-state index contributed by atoms with van der Waals surface area (Å²) < 4.78 is 5.08. The highest BCUT2D eigenvalue weighted by Crippen LogP contribution is 2.25. The maximum atomic E-state index is 6.03. The van der Waals surface area contributed by atoms with Crippen LogP contribution in [0, 0.1) is 0 Å². The van der Waals surface area contributed by atoms with Crippen molar-refractivity contribution in [3.63, 3.8) is 0 Å². The minimum atomic E-state index is -0.219. The van der Waals surface area contributed by atoms with Gasteiger partial charge in [-0.15, -0.1) is 0 Å². The molecule has 2 rings (SSSR count). The number of benzene rings is 1. The van der Waals surface area contributed by atoms with Crippen LogP contribution in [-0.2, 0) is 0 Å². The van der Waals surface area contributed by atoms with Gasteiger partial charge in [0.05, 0.1) is 11.1 Å². The van der Waals surface area contributed by atoms with Gasteiger partial charge in [-0.1, -0.05) is 35.8 Å². The third-order valence-corrected chi connectivity index (χ3v) is 2.64. The fraction of sp³-hybridized carbons (Fsp3) is 0.273. The van der Waals surface area contributed by atoms with E-state index >= 15 is 0 Å². The average molecular weight is 238 g/mol. The lowest BCUT2D eigenvalue weighted by Crippen LogP contribution is -2.08. The summed E-state index contributed by atoms with van der Waals surface area (Å²) in [5.41, 5.74) is 6.55. The van der Waals surface area contributed by atoms with Crippen LogP contribution in [0.4, 0.5) is 0 Å². The Morgan fingerprint density at radius 1 is 1.44 bits per heavy atom. The van der Waals surface area contributed by atoms with Gasteiger partial charge in [-0.05, 0) is 18.6 Å². The largest absolute Gasteiger partial charge is 0.337 e. The Labute approximate surface area is 98.4 Å². The van der Waals surface area contributed by atoms with E-state index in [1.54, 1.807) is 6.07 Å². The van der Waals surface area contributed by atoms with Crippen molar-refractivity contribution in [1.29, 1.82) is 0 Å². The summed E-state index contributed by atoms with van der Waals surface area (Å²) >= 11 is 6.03. The molecule has 2 aromatic rings. The van der Waals surface area contributed by atoms with Gasteiger partial charge in [0.2, 0.25) is 11.7 Å². The van der Waals surface area contributed by atoms with Gasteiger partial charge in [-0.25, -0.2) is 0 Å². The van der Waals surface area contributed by atoms with Crippen molar-refractivity contribution in [2.45, 2.75) is 19.4 Å². The average Bonchev–Trinajstić information content (AvgIpc) is 2.78. The molecule has 1 aromatic heterocycles. The molecule has 0 aliphatic carbocycles. The molecular formula is C11H12ClN3O. The zero-order valence-corrected chi connectivity index (χ0v) is 9.61. The lowest BCUT2D eigenvalue weighted by atomic mass is 10.2. The SMILES string of the molecule is CCC(N)c1nc(-c2ccccc2Cl)no1. The fourth-order valence-electron chi connectivity index (χ4n) is 1.31. The monoisotopic (exact) mass is 237 g/mol. The Hall–Kier alpha value is -1.39. The Balaban J connectivity index is 2.35. The van der Waals surface area contributed by atoms with Crippen molar-refractivity contribution in [3.05, 3.63) is 35.2 Å². The first-order chi connectivity index (χ1) is 7.72. The number of halogens is 1. The van der Waals surface area contributed by atoms with Crippen LogP contribution in [0.5, 0.6) is 0 Å². The lowest BCUT2D eigenvalue weighted by Gasteiger charge is -1.99. The number of rotatable bonds is 3. The lowest BCUT2D eigenvalue weighted by molar-refractivity contribution is 0.352. The quantitative estimate of drug-likeness (QED) is 0.892. The summed E-state index contributed by atoms with van der Waals surface area (Å²) in [6.45, 7) is 1.96. The molecule has 0 aliphatic rings. The smallest absolute Gasteiger partial charge is 0.243 e. The molecule has 16 heavy (non-hydrogen) atoms. The van der Waals surface area contributed by atoms with E-state index in [0.29, 0.717) is 16.7 Å². The number of hydrogen-bond acceptors (Lipinski definition) is 4. The van der Waals surface area contributed by atoms with Gasteiger partial charge in [0, 0.05) is 5.56 Å². The van der Waals surface area contributed by atoms with Gasteiger partial charge in [0.15, 0.2) is 0 Å². The number of aromatic nitrogens is 2. The van der Waals surface area contributed by atoms with Crippen LogP contribution in [0.25, 0.3) is 11.4 Å². The molecular weight excluding hydrogens is 226 g/mol. The molecule has 2 N–H and O–H groups in total. The maximum Gasteiger partial charge on any atom is 0.243 e. The van der Waals surface area contributed by atoms with Crippen LogP contribution in [0.15, 0.2) is 28.8 Å². The summed E-state index contributed by atoms with van der Waals surface area (Å²) in [5.74, 6) is 0.918. The predicted molar refractivity (Wildman–Crippen MR) is 62.0 cm³/mol. The van der Waals surface area contributed by atoms with Crippen LogP contribution in [-0.4, -0.2) is 10.1 Å². The number of nitrogens with two attached hydrogens (primary N) is 1. The first kappa shape index (κ1) is 11.1. The van der Waals surface area contributed by atoms with Gasteiger partial charge in [-0.3, -0.25) is 0 Å². The number of hydrogen-bond donors (Lipinski definition) is 1. The molecule has 5 heteroatoms. The summed E-state index contributed by atoms with van der Waals surface area (Å²) in [4.78, 5) is 4.22. The second-order valence-electron chi connectivity index (χ2n) is 3.45. The molecule has 4 nitrogen and oxygen atoms in total. The summed E-state index contributed by atoms with van der Waals surface area (Å²) in [6.07, 6.45) is 0.754. The van der Waals surface area contributed by atoms with Crippen LogP contribution in [0.2, 0.25) is 5.02 Å². The first-order valence-corrected chi connectivity index (χ1v) is 5.44. The summed E-state index contributed by atoms with van der Waals surface area (Å²) in [5, 5.41) is 4.46. The fourth-order valence-corrected chi connectivity index (χ4v) is 1.53. The first-order valence-electron chi connectivity index (χ1n) is 5.06. The Kier molecular flexibility index (Phi) is 3.22. The predicted octanol–water partition coefficient (Wildman–Crippen LogP) is 2.80. The Morgan fingerprint density at radius 2 is 2.19 bits per heavy atom. The van der Waals surface area contributed by atoms with E-state index in [1.165, 1.54) is 0 Å². The molecule has 0 radical (unpaired) electrons. The van der Waals surface area contributed by atoms with E-state index in [9.17, 15) is 0 Å². The minimum absolute atomic E-state index is 0.219. The molecule has 1 aromatic carbocycles. The topological polar surface area (TPSA) is 64.9 Å². The van der Waals surface area contributed by atoms with Crippen molar-refractivity contribution in [2.24, 2.45) is 5.73 Å². The van der Waals surface area contributed by atoms with Gasteiger partial charge < -0.3 is 10.3 Å². The minimum Gasteiger partial charge on any atom is -0.337 e. The normalized spacial score (nSPS) is 12.7. The van der Waals surface area contributed by atoms with Crippen molar-refractivity contribution in [2.75, 3.05) is 0 Å². The van der Waals surface area contributed by atoms with Crippen molar-refractivity contribution < 1.29 is 4.52 Å². The second-order valence-corrected chi connectivity index (χ2v) is 3.86. The van der Waals surface area contributed by atoms with Gasteiger partial charge in [0.25, 0.3) is 0 Å². The zero-order chi connectivity index (χ0) is 11.5. The molecule has 0 aliphatic heterocycles. The van der Waals surface area contributed by atoms with Crippen LogP contribution in [0.1, 0.15) is 25.3 Å². The highest BCUT2D eigenvalue weighted by molar-refractivity contribution is 6.33. The van der Waals surface area contributed by atoms with E-state index in [1.807, 2.05) is 25.1 Å². The molecule has 1 heterocycles. The van der Waals surface area contributed by atoms with Crippen molar-refractivity contribution in [1.82, 2.24) is 10.1 Å². The Bertz CT molecular complexity index is 484. The molecule has 0 amide bonds. The van der Waals surface area contributed by atoms with E-state index in [4.69, 9.17) is 21.9 Å². The highest BCUT2D eigenvalue weighted by Gasteiger charge is 2.15. The van der Waals surface area contributed by atoms with Gasteiger partial charge >= 0.3 is 0 Å². The molecule has 1 atom stereocenters. The molecule has 0 fully saturated rings. The Morgan fingerprint density at radius 3 is 2.88 bits per heavy atom. The highest BCUT2D eigenvalue weighted by atomic mass is 35.5. The molecule has 0 spiro atoms. The maximum absolute atomic E-state index is 6.03. The van der Waals surface area contributed by atoms with Crippen LogP contribution >= 0.6 is 11.6 Å². The molecule has 0 saturated heterocycles. The van der Waals surface area contributed by atoms with Gasteiger partial charge in [-0.2, -0.15) is 4.98 Å². The van der Waals surface area contributed by atoms with Crippen molar-refractivity contribution >= 4 is 11.6 Å². The van der Waals surface area contributed by atoms with E-state index < -0.39 is 0 Å². The molecule has 0 bridgehead atoms. The zero-order valence-electron chi connectivity index (χ0n) is 8.85. The summed E-state index contributed by atoms with van der Waals surface area (Å²) in [7, 11) is 0. The van der Waals surface area contributed by atoms with Gasteiger partial charge in [0.1, 0.15) is 0 Å². The van der Waals surface area contributed by atoms with Crippen LogP contribution < -0.4 is 5.73 Å². The third-order valence-electron chi connectivity index (χ3n) is 2.31. The standard InChI is InChI=1S/C11H12ClN3O/c1-2-9(13)11-14-10(15-16-11)7-5-3-4-6-8(7)12/h3-6,9H,2,13H2,1H3. The molecule has 1 unspecified atom stereocenters. The second kappa shape index (κ2) is 4.63. The summed E-state index contributed by atoms with van der Waals surface area (Å²) in [6, 6.07) is 7.13. The molecule has 84 valence electrons. The van der Waals surface area contributed by atoms with E-state index in [0.717, 1.165) is 12.0 Å². The van der Waals surface area contributed by atoms with Crippen LogP contribution in [0.3, 0.4) is 0 Å². The van der Waals surface area contributed by atoms with Crippen molar-refractivity contribution in [3.8, 4) is 11.4 Å². The van der Waals surface area contributed by atoms with E-state index in [2.05, 4.69) is 10.1 Å². The molecule has 0 saturated carbocycles. The third kappa shape index (κ3) is 2.08. The number of nitrogens with zero attached hydrogens (tertiary/aromatic N) is 2. The van der Waals surface area contributed by atoms with E-state index in [-0.39, 0.29) is 6.04 Å².